The summed E-state index contributed by atoms with van der Waals surface area (Å²) < 4.78 is 11.2. The average Bonchev–Trinajstić information content (AvgIpc) is 2.76. The largest absolute Gasteiger partial charge is 0.444 e. The van der Waals surface area contributed by atoms with Gasteiger partial charge in [0, 0.05) is 30.6 Å². The van der Waals surface area contributed by atoms with Crippen molar-refractivity contribution in [2.24, 2.45) is 0 Å². The third-order valence-electron chi connectivity index (χ3n) is 3.60. The van der Waals surface area contributed by atoms with Crippen LogP contribution in [0.15, 0.2) is 28.7 Å². The molecule has 0 spiro atoms. The van der Waals surface area contributed by atoms with Crippen molar-refractivity contribution in [3.05, 3.63) is 35.0 Å². The molecule has 3 rings (SSSR count). The Labute approximate surface area is 117 Å². The minimum Gasteiger partial charge on any atom is -0.444 e. The van der Waals surface area contributed by atoms with Crippen molar-refractivity contribution in [3.8, 4) is 0 Å². The van der Waals surface area contributed by atoms with Gasteiger partial charge in [-0.25, -0.2) is 0 Å². The Bertz CT molecular complexity index is 546. The molecule has 1 unspecified atom stereocenters. The van der Waals surface area contributed by atoms with Gasteiger partial charge in [-0.3, -0.25) is 0 Å². The summed E-state index contributed by atoms with van der Waals surface area (Å²) in [7, 11) is 0. The highest BCUT2D eigenvalue weighted by Crippen LogP contribution is 2.29. The molecule has 3 nitrogen and oxygen atoms in total. The van der Waals surface area contributed by atoms with Crippen LogP contribution >= 0.6 is 11.6 Å². The molecule has 19 heavy (non-hydrogen) atoms. The summed E-state index contributed by atoms with van der Waals surface area (Å²) in [5, 5.41) is 4.99. The maximum Gasteiger partial charge on any atom is 0.199 e. The number of ether oxygens (including phenoxy) is 1. The molecule has 1 fully saturated rings. The minimum atomic E-state index is 0.339. The molecule has 1 saturated heterocycles. The lowest BCUT2D eigenvalue weighted by Crippen LogP contribution is -2.31. The van der Waals surface area contributed by atoms with E-state index in [1.165, 1.54) is 12.8 Å². The number of benzene rings is 1. The fourth-order valence-electron chi connectivity index (χ4n) is 2.56. The second-order valence-corrected chi connectivity index (χ2v) is 5.31. The van der Waals surface area contributed by atoms with E-state index in [2.05, 4.69) is 5.32 Å². The van der Waals surface area contributed by atoms with Crippen molar-refractivity contribution < 1.29 is 9.15 Å². The molecule has 1 atom stereocenters. The number of para-hydroxylation sites is 1. The van der Waals surface area contributed by atoms with Crippen LogP contribution in [0.5, 0.6) is 0 Å². The lowest BCUT2D eigenvalue weighted by Gasteiger charge is -2.22. The zero-order valence-electron chi connectivity index (χ0n) is 10.8. The smallest absolute Gasteiger partial charge is 0.199 e. The SMILES string of the molecule is Clc1oc2ccccc2c1CNCC1CCCCO1. The van der Waals surface area contributed by atoms with E-state index < -0.39 is 0 Å². The van der Waals surface area contributed by atoms with E-state index in [0.29, 0.717) is 11.3 Å². The van der Waals surface area contributed by atoms with Crippen LogP contribution in [0.2, 0.25) is 5.22 Å². The summed E-state index contributed by atoms with van der Waals surface area (Å²) in [6.45, 7) is 2.48. The normalized spacial score (nSPS) is 19.9. The van der Waals surface area contributed by atoms with Crippen molar-refractivity contribution in [1.29, 1.82) is 0 Å². The molecule has 1 aliphatic rings. The van der Waals surface area contributed by atoms with E-state index >= 15 is 0 Å². The first kappa shape index (κ1) is 13.0. The quantitative estimate of drug-likeness (QED) is 0.926. The van der Waals surface area contributed by atoms with Crippen LogP contribution in [-0.4, -0.2) is 19.3 Å². The Kier molecular flexibility index (Phi) is 4.06. The molecule has 102 valence electrons. The monoisotopic (exact) mass is 279 g/mol. The number of hydrogen-bond donors (Lipinski definition) is 1. The number of fused-ring (bicyclic) bond motifs is 1. The molecule has 2 aromatic rings. The molecule has 0 bridgehead atoms. The second kappa shape index (κ2) is 5.95. The molecule has 0 radical (unpaired) electrons. The van der Waals surface area contributed by atoms with Crippen LogP contribution < -0.4 is 5.32 Å². The molecule has 0 saturated carbocycles. The number of nitrogens with one attached hydrogen (secondary N) is 1. The molecule has 1 aliphatic heterocycles. The summed E-state index contributed by atoms with van der Waals surface area (Å²) >= 11 is 6.15. The molecular formula is C15H18ClNO2. The lowest BCUT2D eigenvalue weighted by atomic mass is 10.1. The van der Waals surface area contributed by atoms with Gasteiger partial charge in [0.1, 0.15) is 5.58 Å². The molecule has 2 heterocycles. The standard InChI is InChI=1S/C15H18ClNO2/c16-15-13(12-6-1-2-7-14(12)19-15)10-17-9-11-5-3-4-8-18-11/h1-2,6-7,11,17H,3-5,8-10H2. The fourth-order valence-corrected chi connectivity index (χ4v) is 2.81. The highest BCUT2D eigenvalue weighted by molar-refractivity contribution is 6.30. The van der Waals surface area contributed by atoms with Crippen LogP contribution in [0, 0.1) is 0 Å². The predicted octanol–water partition coefficient (Wildman–Crippen LogP) is 3.74. The third-order valence-corrected chi connectivity index (χ3v) is 3.90. The first-order chi connectivity index (χ1) is 9.34. The Morgan fingerprint density at radius 2 is 2.16 bits per heavy atom. The van der Waals surface area contributed by atoms with E-state index in [1.807, 2.05) is 24.3 Å². The minimum absolute atomic E-state index is 0.339. The topological polar surface area (TPSA) is 34.4 Å². The third kappa shape index (κ3) is 2.94. The van der Waals surface area contributed by atoms with Crippen molar-refractivity contribution in [3.63, 3.8) is 0 Å². The van der Waals surface area contributed by atoms with Crippen LogP contribution in [0.25, 0.3) is 11.0 Å². The van der Waals surface area contributed by atoms with Crippen LogP contribution in [0.3, 0.4) is 0 Å². The Balaban J connectivity index is 1.63. The number of halogens is 1. The summed E-state index contributed by atoms with van der Waals surface area (Å²) in [6, 6.07) is 7.94. The van der Waals surface area contributed by atoms with Gasteiger partial charge in [-0.2, -0.15) is 0 Å². The molecule has 1 aromatic heterocycles. The average molecular weight is 280 g/mol. The van der Waals surface area contributed by atoms with Crippen LogP contribution in [0.1, 0.15) is 24.8 Å². The van der Waals surface area contributed by atoms with Crippen molar-refractivity contribution in [1.82, 2.24) is 5.32 Å². The Morgan fingerprint density at radius 3 is 3.00 bits per heavy atom. The molecular weight excluding hydrogens is 262 g/mol. The van der Waals surface area contributed by atoms with Crippen LogP contribution in [-0.2, 0) is 11.3 Å². The molecule has 0 aliphatic carbocycles. The van der Waals surface area contributed by atoms with Crippen molar-refractivity contribution >= 4 is 22.6 Å². The number of furan rings is 1. The van der Waals surface area contributed by atoms with Gasteiger partial charge in [0.2, 0.25) is 0 Å². The van der Waals surface area contributed by atoms with E-state index in [-0.39, 0.29) is 0 Å². The summed E-state index contributed by atoms with van der Waals surface area (Å²) in [5.74, 6) is 0. The highest BCUT2D eigenvalue weighted by atomic mass is 35.5. The first-order valence-electron chi connectivity index (χ1n) is 6.83. The first-order valence-corrected chi connectivity index (χ1v) is 7.20. The second-order valence-electron chi connectivity index (χ2n) is 4.97. The van der Waals surface area contributed by atoms with Gasteiger partial charge in [-0.05, 0) is 36.9 Å². The lowest BCUT2D eigenvalue weighted by molar-refractivity contribution is 0.0168. The highest BCUT2D eigenvalue weighted by Gasteiger charge is 2.15. The summed E-state index contributed by atoms with van der Waals surface area (Å²) in [5.41, 5.74) is 1.88. The molecule has 4 heteroatoms. The Hall–Kier alpha value is -1.03. The summed E-state index contributed by atoms with van der Waals surface area (Å²) in [6.07, 6.45) is 3.94. The van der Waals surface area contributed by atoms with Crippen LogP contribution in [0.4, 0.5) is 0 Å². The number of rotatable bonds is 4. The Morgan fingerprint density at radius 1 is 1.26 bits per heavy atom. The van der Waals surface area contributed by atoms with E-state index in [1.54, 1.807) is 0 Å². The van der Waals surface area contributed by atoms with Gasteiger partial charge in [-0.1, -0.05) is 18.2 Å². The molecule has 1 aromatic carbocycles. The van der Waals surface area contributed by atoms with E-state index in [4.69, 9.17) is 20.8 Å². The maximum absolute atomic E-state index is 6.15. The fraction of sp³-hybridized carbons (Fsp3) is 0.467. The molecule has 0 amide bonds. The zero-order chi connectivity index (χ0) is 13.1. The van der Waals surface area contributed by atoms with Crippen molar-refractivity contribution in [2.45, 2.75) is 31.9 Å². The van der Waals surface area contributed by atoms with Gasteiger partial charge in [0.05, 0.1) is 6.10 Å². The summed E-state index contributed by atoms with van der Waals surface area (Å²) in [4.78, 5) is 0. The number of hydrogen-bond acceptors (Lipinski definition) is 3. The van der Waals surface area contributed by atoms with Gasteiger partial charge in [0.15, 0.2) is 5.22 Å². The van der Waals surface area contributed by atoms with Crippen molar-refractivity contribution in [2.75, 3.05) is 13.2 Å². The van der Waals surface area contributed by atoms with Gasteiger partial charge < -0.3 is 14.5 Å². The van der Waals surface area contributed by atoms with Gasteiger partial charge in [0.25, 0.3) is 0 Å². The van der Waals surface area contributed by atoms with E-state index in [9.17, 15) is 0 Å². The van der Waals surface area contributed by atoms with Gasteiger partial charge >= 0.3 is 0 Å². The van der Waals surface area contributed by atoms with E-state index in [0.717, 1.165) is 42.6 Å². The predicted molar refractivity (Wildman–Crippen MR) is 76.5 cm³/mol. The molecule has 1 N–H and O–H groups in total. The maximum atomic E-state index is 6.15. The van der Waals surface area contributed by atoms with Gasteiger partial charge in [-0.15, -0.1) is 0 Å². The zero-order valence-corrected chi connectivity index (χ0v) is 11.6.